The molecule has 0 spiro atoms. The highest BCUT2D eigenvalue weighted by Crippen LogP contribution is 2.38. The van der Waals surface area contributed by atoms with Crippen LogP contribution in [0.2, 0.25) is 5.02 Å². The normalized spacial score (nSPS) is 14.3. The minimum absolute atomic E-state index is 0.0970. The van der Waals surface area contributed by atoms with Crippen LogP contribution in [0.4, 0.5) is 0 Å². The van der Waals surface area contributed by atoms with Gasteiger partial charge in [0.05, 0.1) is 59.4 Å². The molecule has 11 nitrogen and oxygen atoms in total. The quantitative estimate of drug-likeness (QED) is 0.189. The van der Waals surface area contributed by atoms with Gasteiger partial charge in [0.15, 0.2) is 27.8 Å². The first-order chi connectivity index (χ1) is 23.4. The number of carbonyl (C=O) groups is 2. The van der Waals surface area contributed by atoms with Crippen molar-refractivity contribution in [2.45, 2.75) is 46.4 Å². The van der Waals surface area contributed by atoms with E-state index < -0.39 is 18.0 Å². The first-order valence-electron chi connectivity index (χ1n) is 15.3. The van der Waals surface area contributed by atoms with Gasteiger partial charge in [-0.15, -0.1) is 0 Å². The van der Waals surface area contributed by atoms with Gasteiger partial charge < -0.3 is 28.8 Å². The molecule has 2 heterocycles. The van der Waals surface area contributed by atoms with Crippen LogP contribution in [-0.2, 0) is 16.1 Å². The monoisotopic (exact) mass is 706 g/mol. The Labute approximate surface area is 291 Å². The van der Waals surface area contributed by atoms with E-state index in [1.807, 2.05) is 13.8 Å². The van der Waals surface area contributed by atoms with Gasteiger partial charge in [0.1, 0.15) is 6.61 Å². The lowest BCUT2D eigenvalue weighted by molar-refractivity contribution is -0.139. The molecule has 0 bridgehead atoms. The predicted octanol–water partition coefficient (Wildman–Crippen LogP) is 5.53. The summed E-state index contributed by atoms with van der Waals surface area (Å²) in [5, 5.41) is 9.39. The maximum atomic E-state index is 14.2. The van der Waals surface area contributed by atoms with Crippen LogP contribution in [0.5, 0.6) is 23.0 Å². The molecule has 0 amide bonds. The van der Waals surface area contributed by atoms with Gasteiger partial charge in [-0.3, -0.25) is 9.36 Å². The molecule has 1 N–H and O–H groups in total. The molecule has 1 atom stereocenters. The van der Waals surface area contributed by atoms with Crippen LogP contribution in [0, 0.1) is 0 Å². The molecule has 0 radical (unpaired) electrons. The fraction of sp³-hybridized carbons (Fsp3) is 0.278. The molecule has 1 aliphatic rings. The Bertz CT molecular complexity index is 2120. The maximum Gasteiger partial charge on any atom is 0.338 e. The maximum absolute atomic E-state index is 14.2. The molecule has 49 heavy (non-hydrogen) atoms. The van der Waals surface area contributed by atoms with Gasteiger partial charge in [0.2, 0.25) is 0 Å². The molecule has 0 aliphatic carbocycles. The smallest absolute Gasteiger partial charge is 0.338 e. The van der Waals surface area contributed by atoms with Crippen LogP contribution in [0.15, 0.2) is 75.7 Å². The van der Waals surface area contributed by atoms with Gasteiger partial charge >= 0.3 is 11.9 Å². The molecule has 4 aromatic rings. The second-order valence-electron chi connectivity index (χ2n) is 11.2. The van der Waals surface area contributed by atoms with Gasteiger partial charge in [-0.1, -0.05) is 41.1 Å². The topological polar surface area (TPSA) is 135 Å². The zero-order valence-electron chi connectivity index (χ0n) is 27.7. The summed E-state index contributed by atoms with van der Waals surface area (Å²) in [6.45, 7) is 7.51. The number of fused-ring (bicyclic) bond motifs is 1. The van der Waals surface area contributed by atoms with Gasteiger partial charge in [-0.25, -0.2) is 14.6 Å². The first kappa shape index (κ1) is 35.2. The van der Waals surface area contributed by atoms with Crippen molar-refractivity contribution in [3.8, 4) is 23.0 Å². The van der Waals surface area contributed by atoms with Crippen molar-refractivity contribution in [2.75, 3.05) is 20.8 Å². The Morgan fingerprint density at radius 1 is 1.04 bits per heavy atom. The van der Waals surface area contributed by atoms with Crippen molar-refractivity contribution in [3.05, 3.63) is 113 Å². The Morgan fingerprint density at radius 3 is 2.39 bits per heavy atom. The fourth-order valence-corrected chi connectivity index (χ4v) is 6.65. The number of hydrogen-bond donors (Lipinski definition) is 1. The Morgan fingerprint density at radius 2 is 1.76 bits per heavy atom. The van der Waals surface area contributed by atoms with E-state index in [4.69, 9.17) is 40.4 Å². The van der Waals surface area contributed by atoms with Crippen LogP contribution < -0.4 is 33.8 Å². The molecular formula is C36H35ClN2O9S. The van der Waals surface area contributed by atoms with E-state index >= 15 is 0 Å². The zero-order chi connectivity index (χ0) is 35.4. The highest BCUT2D eigenvalue weighted by atomic mass is 35.5. The number of carboxylic acid groups (broad SMARTS) is 1. The summed E-state index contributed by atoms with van der Waals surface area (Å²) >= 11 is 7.82. The second kappa shape index (κ2) is 15.0. The summed E-state index contributed by atoms with van der Waals surface area (Å²) in [6, 6.07) is 14.1. The summed E-state index contributed by atoms with van der Waals surface area (Å²) in [4.78, 5) is 43.7. The fourth-order valence-electron chi connectivity index (χ4n) is 5.33. The van der Waals surface area contributed by atoms with E-state index in [1.165, 1.54) is 42.3 Å². The van der Waals surface area contributed by atoms with E-state index in [0.717, 1.165) is 5.56 Å². The molecule has 13 heteroatoms. The number of allylic oxidation sites excluding steroid dienone is 1. The van der Waals surface area contributed by atoms with Crippen molar-refractivity contribution in [3.63, 3.8) is 0 Å². The lowest BCUT2D eigenvalue weighted by Gasteiger charge is -2.25. The molecular weight excluding hydrogens is 672 g/mol. The Balaban J connectivity index is 1.56. The molecule has 0 fully saturated rings. The zero-order valence-corrected chi connectivity index (χ0v) is 29.3. The number of rotatable bonds is 12. The number of nitrogens with zero attached hydrogens (tertiary/aromatic N) is 2. The molecule has 0 unspecified atom stereocenters. The highest BCUT2D eigenvalue weighted by molar-refractivity contribution is 7.07. The number of carboxylic acids is 1. The number of aromatic nitrogens is 1. The summed E-state index contributed by atoms with van der Waals surface area (Å²) in [5.74, 6) is 0.0149. The van der Waals surface area contributed by atoms with E-state index in [0.29, 0.717) is 49.2 Å². The van der Waals surface area contributed by atoms with E-state index in [2.05, 4.69) is 4.99 Å². The summed E-state index contributed by atoms with van der Waals surface area (Å²) < 4.78 is 30.3. The van der Waals surface area contributed by atoms with Crippen LogP contribution in [0.1, 0.15) is 60.8 Å². The Hall–Kier alpha value is -5.07. The third kappa shape index (κ3) is 7.50. The number of aromatic carboxylic acids is 1. The minimum Gasteiger partial charge on any atom is -0.493 e. The van der Waals surface area contributed by atoms with Crippen LogP contribution in [-0.4, -0.2) is 48.5 Å². The SMILES string of the molecule is CCOC(=O)C1=C(C)N=c2s/c(=C\c3cc(Cl)c(OCc4ccc(C(=O)O)cc4)c(OC)c3)c(=O)n2[C@@H]1c1ccc(OC(C)C)c(OC)c1. The van der Waals surface area contributed by atoms with Crippen molar-refractivity contribution in [1.82, 2.24) is 4.57 Å². The average molecular weight is 707 g/mol. The van der Waals surface area contributed by atoms with Crippen LogP contribution in [0.25, 0.3) is 6.08 Å². The number of hydrogen-bond acceptors (Lipinski definition) is 10. The number of methoxy groups -OCH3 is 2. The van der Waals surface area contributed by atoms with Gasteiger partial charge in [0.25, 0.3) is 5.56 Å². The number of ether oxygens (including phenoxy) is 5. The van der Waals surface area contributed by atoms with Crippen LogP contribution >= 0.6 is 22.9 Å². The van der Waals surface area contributed by atoms with Crippen molar-refractivity contribution in [1.29, 1.82) is 0 Å². The number of benzene rings is 3. The molecule has 1 aromatic heterocycles. The number of carbonyl (C=O) groups excluding carboxylic acids is 1. The van der Waals surface area contributed by atoms with E-state index in [1.54, 1.807) is 62.4 Å². The van der Waals surface area contributed by atoms with Crippen LogP contribution in [0.3, 0.4) is 0 Å². The minimum atomic E-state index is -1.02. The van der Waals surface area contributed by atoms with Gasteiger partial charge in [0, 0.05) is 0 Å². The molecule has 256 valence electrons. The first-order valence-corrected chi connectivity index (χ1v) is 16.5. The summed E-state index contributed by atoms with van der Waals surface area (Å²) in [5.41, 5.74) is 2.39. The average Bonchev–Trinajstić information content (AvgIpc) is 3.37. The van der Waals surface area contributed by atoms with Gasteiger partial charge in [-0.2, -0.15) is 0 Å². The van der Waals surface area contributed by atoms with Crippen molar-refractivity contribution in [2.24, 2.45) is 4.99 Å². The third-order valence-electron chi connectivity index (χ3n) is 7.52. The lowest BCUT2D eigenvalue weighted by atomic mass is 9.95. The largest absolute Gasteiger partial charge is 0.493 e. The molecule has 0 saturated heterocycles. The lowest BCUT2D eigenvalue weighted by Crippen LogP contribution is -2.40. The van der Waals surface area contributed by atoms with E-state index in [9.17, 15) is 14.4 Å². The number of esters is 1. The summed E-state index contributed by atoms with van der Waals surface area (Å²) in [7, 11) is 3.00. The second-order valence-corrected chi connectivity index (χ2v) is 12.6. The number of halogens is 1. The predicted molar refractivity (Wildman–Crippen MR) is 185 cm³/mol. The third-order valence-corrected chi connectivity index (χ3v) is 8.78. The molecule has 5 rings (SSSR count). The molecule has 1 aliphatic heterocycles. The standard InChI is InChI=1S/C36H35ClN2O9S/c1-7-46-35(43)30-20(4)38-36-39(31(30)24-12-13-26(48-19(2)3)27(17-24)44-5)33(40)29(49-36)16-22-14-25(37)32(28(15-22)45-6)47-18-21-8-10-23(11-9-21)34(41)42/h8-17,19,31H,7,18H2,1-6H3,(H,41,42)/b29-16-/t31-/m1/s1. The Kier molecular flexibility index (Phi) is 10.8. The molecule has 3 aromatic carbocycles. The van der Waals surface area contributed by atoms with E-state index in [-0.39, 0.29) is 41.0 Å². The highest BCUT2D eigenvalue weighted by Gasteiger charge is 2.34. The molecule has 0 saturated carbocycles. The summed E-state index contributed by atoms with van der Waals surface area (Å²) in [6.07, 6.45) is 1.58. The van der Waals surface area contributed by atoms with Crippen molar-refractivity contribution >= 4 is 41.0 Å². The van der Waals surface area contributed by atoms with Crippen molar-refractivity contribution < 1.29 is 38.4 Å². The number of thiazole rings is 1. The van der Waals surface area contributed by atoms with Gasteiger partial charge in [-0.05, 0) is 86.9 Å².